The molecular formula is C23H21Cl2FN4O3. The second kappa shape index (κ2) is 9.91. The molecule has 1 N–H and O–H groups in total. The fourth-order valence-corrected chi connectivity index (χ4v) is 4.18. The lowest BCUT2D eigenvalue weighted by Crippen LogP contribution is -2.50. The van der Waals surface area contributed by atoms with Gasteiger partial charge in [-0.1, -0.05) is 46.6 Å². The monoisotopic (exact) mass is 490 g/mol. The van der Waals surface area contributed by atoms with Crippen molar-refractivity contribution in [1.82, 2.24) is 15.0 Å². The molecule has 172 valence electrons. The van der Waals surface area contributed by atoms with E-state index in [0.29, 0.717) is 36.9 Å². The van der Waals surface area contributed by atoms with E-state index in [1.165, 1.54) is 18.2 Å². The number of rotatable bonds is 5. The highest BCUT2D eigenvalue weighted by Crippen LogP contribution is 2.34. The zero-order chi connectivity index (χ0) is 23.5. The molecular weight excluding hydrogens is 470 g/mol. The molecule has 0 atom stereocenters. The number of amides is 2. The van der Waals surface area contributed by atoms with Crippen LogP contribution in [0.3, 0.4) is 0 Å². The van der Waals surface area contributed by atoms with Crippen LogP contribution < -0.4 is 5.32 Å². The minimum atomic E-state index is -0.584. The molecule has 7 nitrogen and oxygen atoms in total. The molecule has 2 heterocycles. The maximum Gasteiger partial charge on any atom is 0.259 e. The molecule has 1 aromatic heterocycles. The number of anilines is 1. The Morgan fingerprint density at radius 2 is 1.76 bits per heavy atom. The van der Waals surface area contributed by atoms with Gasteiger partial charge in [0.05, 0.1) is 27.8 Å². The fourth-order valence-electron chi connectivity index (χ4n) is 3.74. The van der Waals surface area contributed by atoms with Crippen molar-refractivity contribution in [2.45, 2.75) is 6.92 Å². The van der Waals surface area contributed by atoms with E-state index in [4.69, 9.17) is 27.7 Å². The predicted octanol–water partition coefficient (Wildman–Crippen LogP) is 4.49. The molecule has 3 aromatic rings. The summed E-state index contributed by atoms with van der Waals surface area (Å²) in [7, 11) is 0. The minimum Gasteiger partial charge on any atom is -0.360 e. The molecule has 0 radical (unpaired) electrons. The molecule has 0 aliphatic carbocycles. The fraction of sp³-hybridized carbons (Fsp3) is 0.261. The van der Waals surface area contributed by atoms with Gasteiger partial charge in [-0.15, -0.1) is 0 Å². The molecule has 2 aromatic carbocycles. The number of carbonyl (C=O) groups excluding carboxylic acids is 2. The van der Waals surface area contributed by atoms with E-state index in [-0.39, 0.29) is 46.0 Å². The smallest absolute Gasteiger partial charge is 0.259 e. The van der Waals surface area contributed by atoms with Gasteiger partial charge in [0.2, 0.25) is 5.91 Å². The number of aromatic nitrogens is 1. The Kier molecular flexibility index (Phi) is 6.97. The van der Waals surface area contributed by atoms with Gasteiger partial charge in [0.1, 0.15) is 22.8 Å². The van der Waals surface area contributed by atoms with Gasteiger partial charge in [-0.25, -0.2) is 4.39 Å². The summed E-state index contributed by atoms with van der Waals surface area (Å²) in [6.07, 6.45) is 0. The van der Waals surface area contributed by atoms with Crippen LogP contribution in [0.2, 0.25) is 10.0 Å². The van der Waals surface area contributed by atoms with E-state index in [9.17, 15) is 14.0 Å². The number of hydrogen-bond donors (Lipinski definition) is 1. The third-order valence-corrected chi connectivity index (χ3v) is 6.10. The van der Waals surface area contributed by atoms with E-state index in [1.807, 2.05) is 4.90 Å². The van der Waals surface area contributed by atoms with Crippen molar-refractivity contribution >= 4 is 40.7 Å². The Hall–Kier alpha value is -2.94. The summed E-state index contributed by atoms with van der Waals surface area (Å²) in [5.74, 6) is -0.799. The van der Waals surface area contributed by atoms with Gasteiger partial charge in [-0.2, -0.15) is 0 Å². The van der Waals surface area contributed by atoms with Crippen molar-refractivity contribution in [2.24, 2.45) is 0 Å². The molecule has 1 aliphatic heterocycles. The Labute approximate surface area is 200 Å². The van der Waals surface area contributed by atoms with Crippen molar-refractivity contribution in [1.29, 1.82) is 0 Å². The van der Waals surface area contributed by atoms with E-state index >= 15 is 0 Å². The van der Waals surface area contributed by atoms with Gasteiger partial charge in [-0.3, -0.25) is 14.5 Å². The van der Waals surface area contributed by atoms with Gasteiger partial charge < -0.3 is 14.7 Å². The normalized spacial score (nSPS) is 14.4. The summed E-state index contributed by atoms with van der Waals surface area (Å²) in [5, 5.41) is 7.31. The highest BCUT2D eigenvalue weighted by atomic mass is 35.5. The lowest BCUT2D eigenvalue weighted by atomic mass is 10.0. The predicted molar refractivity (Wildman–Crippen MR) is 124 cm³/mol. The summed E-state index contributed by atoms with van der Waals surface area (Å²) in [4.78, 5) is 29.2. The summed E-state index contributed by atoms with van der Waals surface area (Å²) >= 11 is 12.3. The number of piperazine rings is 1. The van der Waals surface area contributed by atoms with Crippen LogP contribution in [0.4, 0.5) is 10.1 Å². The summed E-state index contributed by atoms with van der Waals surface area (Å²) < 4.78 is 19.7. The standard InChI is InChI=1S/C23H21Cl2FN4O3/c1-14-20(22(28-33-14)21-16(25)6-4-7-17(21)26)23(32)30-11-9-29(10-12-30)13-19(31)27-18-8-3-2-5-15(18)24/h2-8H,9-13H2,1H3,(H,27,31). The minimum absolute atomic E-state index is 0.0363. The maximum atomic E-state index is 14.4. The SMILES string of the molecule is Cc1onc(-c2c(F)cccc2Cl)c1C(=O)N1CCN(CC(=O)Nc2ccccc2Cl)CC1. The average Bonchev–Trinajstić information content (AvgIpc) is 3.16. The Balaban J connectivity index is 1.41. The highest BCUT2D eigenvalue weighted by Gasteiger charge is 2.30. The van der Waals surface area contributed by atoms with Crippen molar-refractivity contribution < 1.29 is 18.5 Å². The van der Waals surface area contributed by atoms with E-state index in [2.05, 4.69) is 10.5 Å². The van der Waals surface area contributed by atoms with Gasteiger partial charge in [0.25, 0.3) is 5.91 Å². The Morgan fingerprint density at radius 1 is 1.06 bits per heavy atom. The van der Waals surface area contributed by atoms with Gasteiger partial charge in [0.15, 0.2) is 0 Å². The third-order valence-electron chi connectivity index (χ3n) is 5.45. The van der Waals surface area contributed by atoms with Crippen LogP contribution in [-0.2, 0) is 4.79 Å². The zero-order valence-electron chi connectivity index (χ0n) is 17.8. The summed E-state index contributed by atoms with van der Waals surface area (Å²) in [6, 6.07) is 11.3. The molecule has 1 fully saturated rings. The van der Waals surface area contributed by atoms with E-state index in [1.54, 1.807) is 36.1 Å². The number of benzene rings is 2. The number of nitrogens with zero attached hydrogens (tertiary/aromatic N) is 3. The largest absolute Gasteiger partial charge is 0.360 e. The lowest BCUT2D eigenvalue weighted by Gasteiger charge is -2.34. The van der Waals surface area contributed by atoms with Crippen LogP contribution >= 0.6 is 23.2 Å². The number of para-hydroxylation sites is 1. The number of aryl methyl sites for hydroxylation is 1. The molecule has 0 spiro atoms. The quantitative estimate of drug-likeness (QED) is 0.569. The third kappa shape index (κ3) is 5.03. The second-order valence-corrected chi connectivity index (χ2v) is 8.47. The number of halogens is 3. The van der Waals surface area contributed by atoms with Gasteiger partial charge >= 0.3 is 0 Å². The number of nitrogens with one attached hydrogen (secondary N) is 1. The molecule has 0 bridgehead atoms. The topological polar surface area (TPSA) is 78.7 Å². The van der Waals surface area contributed by atoms with E-state index < -0.39 is 5.82 Å². The van der Waals surface area contributed by atoms with Crippen LogP contribution in [0.1, 0.15) is 16.1 Å². The maximum absolute atomic E-state index is 14.4. The van der Waals surface area contributed by atoms with Gasteiger partial charge in [-0.05, 0) is 31.2 Å². The molecule has 4 rings (SSSR count). The first-order valence-electron chi connectivity index (χ1n) is 10.3. The van der Waals surface area contributed by atoms with Crippen molar-refractivity contribution in [3.8, 4) is 11.3 Å². The summed E-state index contributed by atoms with van der Waals surface area (Å²) in [6.45, 7) is 3.58. The molecule has 0 unspecified atom stereocenters. The Bertz CT molecular complexity index is 1170. The highest BCUT2D eigenvalue weighted by molar-refractivity contribution is 6.34. The number of hydrogen-bond acceptors (Lipinski definition) is 5. The van der Waals surface area contributed by atoms with Crippen molar-refractivity contribution in [3.63, 3.8) is 0 Å². The van der Waals surface area contributed by atoms with Crippen LogP contribution in [0, 0.1) is 12.7 Å². The molecule has 10 heteroatoms. The summed E-state index contributed by atoms with van der Waals surface area (Å²) in [5.41, 5.74) is 0.864. The van der Waals surface area contributed by atoms with Crippen LogP contribution in [0.5, 0.6) is 0 Å². The molecule has 0 saturated carbocycles. The van der Waals surface area contributed by atoms with Crippen molar-refractivity contribution in [3.05, 3.63) is 69.7 Å². The molecule has 33 heavy (non-hydrogen) atoms. The van der Waals surface area contributed by atoms with Crippen LogP contribution in [-0.4, -0.2) is 59.5 Å². The Morgan fingerprint density at radius 3 is 2.45 bits per heavy atom. The second-order valence-electron chi connectivity index (χ2n) is 7.66. The average molecular weight is 491 g/mol. The molecule has 1 aliphatic rings. The molecule has 2 amide bonds. The first-order chi connectivity index (χ1) is 15.8. The first-order valence-corrected chi connectivity index (χ1v) is 11.1. The number of carbonyl (C=O) groups is 2. The van der Waals surface area contributed by atoms with E-state index in [0.717, 1.165) is 0 Å². The van der Waals surface area contributed by atoms with Crippen molar-refractivity contribution in [2.75, 3.05) is 38.0 Å². The molecule has 1 saturated heterocycles. The van der Waals surface area contributed by atoms with Crippen LogP contribution in [0.15, 0.2) is 47.0 Å². The lowest BCUT2D eigenvalue weighted by molar-refractivity contribution is -0.117. The first kappa shape index (κ1) is 23.2. The van der Waals surface area contributed by atoms with Gasteiger partial charge in [0, 0.05) is 26.2 Å². The van der Waals surface area contributed by atoms with Crippen LogP contribution in [0.25, 0.3) is 11.3 Å². The zero-order valence-corrected chi connectivity index (χ0v) is 19.3.